The van der Waals surface area contributed by atoms with Crippen molar-refractivity contribution in [3.8, 4) is 0 Å². The Morgan fingerprint density at radius 2 is 1.56 bits per heavy atom. The van der Waals surface area contributed by atoms with Gasteiger partial charge >= 0.3 is 5.97 Å². The van der Waals surface area contributed by atoms with Crippen LogP contribution in [0.1, 0.15) is 17.5 Å². The van der Waals surface area contributed by atoms with Crippen molar-refractivity contribution < 1.29 is 17.9 Å². The first-order chi connectivity index (χ1) is 12.9. The summed E-state index contributed by atoms with van der Waals surface area (Å²) >= 11 is 0. The number of carbonyl (C=O) groups is 1. The Morgan fingerprint density at radius 3 is 2.19 bits per heavy atom. The first kappa shape index (κ1) is 17.5. The summed E-state index contributed by atoms with van der Waals surface area (Å²) in [5, 5.41) is 2.19. The van der Waals surface area contributed by atoms with Crippen molar-refractivity contribution in [1.82, 2.24) is 0 Å². The Labute approximate surface area is 158 Å². The predicted molar refractivity (Wildman–Crippen MR) is 105 cm³/mol. The average molecular weight is 378 g/mol. The lowest BCUT2D eigenvalue weighted by molar-refractivity contribution is -0.135. The van der Waals surface area contributed by atoms with Crippen LogP contribution in [0, 0.1) is 0 Å². The van der Waals surface area contributed by atoms with Crippen LogP contribution in [0.4, 0.5) is 0 Å². The fourth-order valence-electron chi connectivity index (χ4n) is 3.39. The molecule has 27 heavy (non-hydrogen) atoms. The molecule has 1 aliphatic rings. The van der Waals surface area contributed by atoms with Gasteiger partial charge in [-0.25, -0.2) is 13.2 Å². The SMILES string of the molecule is CS(=O)(=O)c1ccc(C(=C2CCOC2=O)c2ccc3ccccc3c2)cc1. The number of sulfone groups is 1. The lowest BCUT2D eigenvalue weighted by atomic mass is 9.91. The molecule has 0 aliphatic carbocycles. The smallest absolute Gasteiger partial charge is 0.334 e. The molecule has 1 fully saturated rings. The van der Waals surface area contributed by atoms with Crippen LogP contribution in [0.15, 0.2) is 77.2 Å². The van der Waals surface area contributed by atoms with Crippen LogP contribution >= 0.6 is 0 Å². The van der Waals surface area contributed by atoms with Gasteiger partial charge in [-0.1, -0.05) is 48.5 Å². The monoisotopic (exact) mass is 378 g/mol. The minimum Gasteiger partial charge on any atom is -0.462 e. The van der Waals surface area contributed by atoms with Crippen molar-refractivity contribution in [1.29, 1.82) is 0 Å². The lowest BCUT2D eigenvalue weighted by Crippen LogP contribution is -2.02. The summed E-state index contributed by atoms with van der Waals surface area (Å²) in [5.74, 6) is -0.314. The topological polar surface area (TPSA) is 60.4 Å². The van der Waals surface area contributed by atoms with Crippen LogP contribution in [-0.2, 0) is 19.4 Å². The van der Waals surface area contributed by atoms with E-state index >= 15 is 0 Å². The molecule has 4 nitrogen and oxygen atoms in total. The van der Waals surface area contributed by atoms with Crippen molar-refractivity contribution in [3.63, 3.8) is 0 Å². The van der Waals surface area contributed by atoms with Crippen LogP contribution in [0.25, 0.3) is 16.3 Å². The first-order valence-electron chi connectivity index (χ1n) is 8.63. The Balaban J connectivity index is 1.91. The highest BCUT2D eigenvalue weighted by Gasteiger charge is 2.25. The molecular formula is C22H18O4S. The second kappa shape index (κ2) is 6.67. The zero-order chi connectivity index (χ0) is 19.0. The van der Waals surface area contributed by atoms with Gasteiger partial charge in [-0.05, 0) is 45.7 Å². The Kier molecular flexibility index (Phi) is 4.32. The molecule has 0 radical (unpaired) electrons. The van der Waals surface area contributed by atoms with Crippen molar-refractivity contribution in [2.75, 3.05) is 12.9 Å². The van der Waals surface area contributed by atoms with Crippen molar-refractivity contribution in [2.24, 2.45) is 0 Å². The van der Waals surface area contributed by atoms with Crippen molar-refractivity contribution in [3.05, 3.63) is 83.4 Å². The third-order valence-electron chi connectivity index (χ3n) is 4.74. The maximum atomic E-state index is 12.3. The third-order valence-corrected chi connectivity index (χ3v) is 5.87. The minimum absolute atomic E-state index is 0.253. The highest BCUT2D eigenvalue weighted by atomic mass is 32.2. The number of carbonyl (C=O) groups excluding carboxylic acids is 1. The largest absolute Gasteiger partial charge is 0.462 e. The molecule has 4 rings (SSSR count). The standard InChI is InChI=1S/C22H18O4S/c1-27(24,25)19-10-8-16(9-11-19)21(20-12-13-26-22(20)23)18-7-6-15-4-2-3-5-17(15)14-18/h2-11,14H,12-13H2,1H3. The lowest BCUT2D eigenvalue weighted by Gasteiger charge is -2.13. The molecule has 0 N–H and O–H groups in total. The van der Waals surface area contributed by atoms with Gasteiger partial charge in [-0.2, -0.15) is 0 Å². The van der Waals surface area contributed by atoms with Crippen LogP contribution in [0.2, 0.25) is 0 Å². The summed E-state index contributed by atoms with van der Waals surface area (Å²) in [7, 11) is -3.28. The van der Waals surface area contributed by atoms with Crippen LogP contribution < -0.4 is 0 Å². The number of hydrogen-bond donors (Lipinski definition) is 0. The van der Waals surface area contributed by atoms with Gasteiger partial charge < -0.3 is 4.74 Å². The second-order valence-electron chi connectivity index (χ2n) is 6.60. The number of ether oxygens (including phenoxy) is 1. The van der Waals surface area contributed by atoms with Gasteiger partial charge in [0.15, 0.2) is 9.84 Å². The molecule has 1 heterocycles. The second-order valence-corrected chi connectivity index (χ2v) is 8.61. The van der Waals surface area contributed by atoms with Gasteiger partial charge in [0.05, 0.1) is 11.5 Å². The number of esters is 1. The number of benzene rings is 3. The van der Waals surface area contributed by atoms with Gasteiger partial charge in [0, 0.05) is 18.2 Å². The summed E-state index contributed by atoms with van der Waals surface area (Å²) in [4.78, 5) is 12.5. The maximum Gasteiger partial charge on any atom is 0.334 e. The predicted octanol–water partition coefficient (Wildman–Crippen LogP) is 3.99. The maximum absolute atomic E-state index is 12.3. The fourth-order valence-corrected chi connectivity index (χ4v) is 4.02. The highest BCUT2D eigenvalue weighted by molar-refractivity contribution is 7.90. The molecule has 1 aliphatic heterocycles. The summed E-state index contributed by atoms with van der Waals surface area (Å²) in [6, 6.07) is 20.7. The van der Waals surface area contributed by atoms with E-state index in [-0.39, 0.29) is 10.9 Å². The summed E-state index contributed by atoms with van der Waals surface area (Å²) in [6.45, 7) is 0.368. The van der Waals surface area contributed by atoms with Crippen molar-refractivity contribution in [2.45, 2.75) is 11.3 Å². The van der Waals surface area contributed by atoms with Crippen LogP contribution in [-0.4, -0.2) is 27.2 Å². The molecule has 136 valence electrons. The molecular weight excluding hydrogens is 360 g/mol. The van der Waals surface area contributed by atoms with Gasteiger partial charge in [-0.3, -0.25) is 0 Å². The molecule has 0 amide bonds. The highest BCUT2D eigenvalue weighted by Crippen LogP contribution is 2.33. The zero-order valence-electron chi connectivity index (χ0n) is 14.8. The molecule has 0 aromatic heterocycles. The van der Waals surface area contributed by atoms with E-state index in [0.29, 0.717) is 18.6 Å². The third kappa shape index (κ3) is 3.38. The van der Waals surface area contributed by atoms with E-state index in [2.05, 4.69) is 0 Å². The van der Waals surface area contributed by atoms with Crippen LogP contribution in [0.5, 0.6) is 0 Å². The number of hydrogen-bond acceptors (Lipinski definition) is 4. The van der Waals surface area contributed by atoms with E-state index in [9.17, 15) is 13.2 Å². The van der Waals surface area contributed by atoms with E-state index in [0.717, 1.165) is 27.5 Å². The normalized spacial score (nSPS) is 16.4. The number of cyclic esters (lactones) is 1. The molecule has 0 unspecified atom stereocenters. The molecule has 0 bridgehead atoms. The molecule has 3 aromatic carbocycles. The van der Waals surface area contributed by atoms with Gasteiger partial charge in [0.2, 0.25) is 0 Å². The molecule has 0 atom stereocenters. The number of fused-ring (bicyclic) bond motifs is 1. The average Bonchev–Trinajstić information content (AvgIpc) is 3.07. The fraction of sp³-hybridized carbons (Fsp3) is 0.136. The Morgan fingerprint density at radius 1 is 0.889 bits per heavy atom. The molecule has 0 saturated carbocycles. The summed E-state index contributed by atoms with van der Waals surface area (Å²) in [5.41, 5.74) is 3.13. The molecule has 5 heteroatoms. The van der Waals surface area contributed by atoms with Gasteiger partial charge in [0.1, 0.15) is 0 Å². The van der Waals surface area contributed by atoms with E-state index in [1.54, 1.807) is 24.3 Å². The van der Waals surface area contributed by atoms with Gasteiger partial charge in [0.25, 0.3) is 0 Å². The summed E-state index contributed by atoms with van der Waals surface area (Å²) in [6.07, 6.45) is 1.72. The summed E-state index contributed by atoms with van der Waals surface area (Å²) < 4.78 is 28.7. The quantitative estimate of drug-likeness (QED) is 0.511. The van der Waals surface area contributed by atoms with Gasteiger partial charge in [-0.15, -0.1) is 0 Å². The van der Waals surface area contributed by atoms with Crippen LogP contribution in [0.3, 0.4) is 0 Å². The molecule has 1 saturated heterocycles. The Bertz CT molecular complexity index is 1170. The molecule has 0 spiro atoms. The van der Waals surface area contributed by atoms with E-state index in [1.165, 1.54) is 6.26 Å². The molecule has 3 aromatic rings. The van der Waals surface area contributed by atoms with E-state index < -0.39 is 9.84 Å². The Hall–Kier alpha value is -2.92. The van der Waals surface area contributed by atoms with Crippen molar-refractivity contribution >= 4 is 32.2 Å². The first-order valence-corrected chi connectivity index (χ1v) is 10.5. The van der Waals surface area contributed by atoms with E-state index in [1.807, 2.05) is 42.5 Å². The zero-order valence-corrected chi connectivity index (χ0v) is 15.6. The number of rotatable bonds is 3. The minimum atomic E-state index is -3.28. The van der Waals surface area contributed by atoms with E-state index in [4.69, 9.17) is 4.74 Å².